The third-order valence-corrected chi connectivity index (χ3v) is 7.12. The zero-order valence-corrected chi connectivity index (χ0v) is 21.0. The minimum absolute atomic E-state index is 0.00570. The van der Waals surface area contributed by atoms with Gasteiger partial charge in [-0.05, 0) is 78.6 Å². The molecule has 0 bridgehead atoms. The number of phenols is 2. The van der Waals surface area contributed by atoms with E-state index in [2.05, 4.69) is 26.8 Å². The molecule has 0 aliphatic heterocycles. The number of rotatable bonds is 13. The van der Waals surface area contributed by atoms with Crippen LogP contribution in [0.25, 0.3) is 0 Å². The van der Waals surface area contributed by atoms with Crippen LogP contribution in [0.2, 0.25) is 0 Å². The summed E-state index contributed by atoms with van der Waals surface area (Å²) in [5.74, 6) is -0.404. The van der Waals surface area contributed by atoms with Gasteiger partial charge in [-0.1, -0.05) is 43.1 Å². The summed E-state index contributed by atoms with van der Waals surface area (Å²) >= 11 is 0. The molecule has 31 heavy (non-hydrogen) atoms. The number of aromatic hydroxyl groups is 2. The van der Waals surface area contributed by atoms with Crippen LogP contribution in [0.15, 0.2) is 34.3 Å². The Balaban J connectivity index is 3.30. The van der Waals surface area contributed by atoms with Crippen LogP contribution in [0.5, 0.6) is 11.5 Å². The van der Waals surface area contributed by atoms with Crippen molar-refractivity contribution >= 4 is 9.84 Å². The van der Waals surface area contributed by atoms with E-state index in [-0.39, 0.29) is 27.7 Å². The summed E-state index contributed by atoms with van der Waals surface area (Å²) in [5.41, 5.74) is 3.20. The van der Waals surface area contributed by atoms with Crippen LogP contribution in [0.3, 0.4) is 0 Å². The summed E-state index contributed by atoms with van der Waals surface area (Å²) in [4.78, 5) is 1.81. The Kier molecular flexibility index (Phi) is 11.4. The van der Waals surface area contributed by atoms with Crippen molar-refractivity contribution in [3.05, 3.63) is 40.5 Å². The van der Waals surface area contributed by atoms with Gasteiger partial charge in [0.1, 0.15) is 16.4 Å². The van der Waals surface area contributed by atoms with E-state index >= 15 is 0 Å². The molecule has 1 aromatic carbocycles. The van der Waals surface area contributed by atoms with E-state index in [9.17, 15) is 18.6 Å². The molecule has 0 aliphatic rings. The maximum absolute atomic E-state index is 13.1. The molecule has 0 saturated carbocycles. The molecule has 0 radical (unpaired) electrons. The van der Waals surface area contributed by atoms with Crippen LogP contribution in [0, 0.1) is 0 Å². The Morgan fingerprint density at radius 3 is 2.35 bits per heavy atom. The second kappa shape index (κ2) is 12.9. The predicted octanol–water partition coefficient (Wildman–Crippen LogP) is 5.40. The number of benzene rings is 1. The first-order valence-electron chi connectivity index (χ1n) is 11.2. The number of sulfone groups is 1. The van der Waals surface area contributed by atoms with E-state index in [0.717, 1.165) is 37.7 Å². The van der Waals surface area contributed by atoms with E-state index in [4.69, 9.17) is 0 Å². The summed E-state index contributed by atoms with van der Waals surface area (Å²) < 4.78 is 26.3. The van der Waals surface area contributed by atoms with Crippen LogP contribution in [0.1, 0.15) is 70.9 Å². The summed E-state index contributed by atoms with van der Waals surface area (Å²) in [7, 11) is -0.0426. The van der Waals surface area contributed by atoms with Crippen molar-refractivity contribution in [3.63, 3.8) is 0 Å². The second-order valence-electron chi connectivity index (χ2n) is 8.87. The summed E-state index contributed by atoms with van der Waals surface area (Å²) in [6.45, 7) is 8.60. The fourth-order valence-electron chi connectivity index (χ4n) is 3.40. The van der Waals surface area contributed by atoms with Crippen molar-refractivity contribution in [1.29, 1.82) is 0 Å². The molecule has 0 heterocycles. The van der Waals surface area contributed by atoms with Gasteiger partial charge in [-0.2, -0.15) is 0 Å². The van der Waals surface area contributed by atoms with Gasteiger partial charge in [0.05, 0.1) is 5.75 Å². The molecule has 0 aromatic heterocycles. The van der Waals surface area contributed by atoms with E-state index < -0.39 is 9.84 Å². The van der Waals surface area contributed by atoms with Gasteiger partial charge in [0.15, 0.2) is 9.84 Å². The first-order valence-corrected chi connectivity index (χ1v) is 12.9. The smallest absolute Gasteiger partial charge is 0.183 e. The number of hydrogen-bond acceptors (Lipinski definition) is 5. The van der Waals surface area contributed by atoms with Crippen LogP contribution in [-0.4, -0.2) is 49.9 Å². The first kappa shape index (κ1) is 27.2. The molecule has 0 atom stereocenters. The zero-order valence-electron chi connectivity index (χ0n) is 20.2. The molecule has 0 spiro atoms. The highest BCUT2D eigenvalue weighted by Gasteiger charge is 2.27. The molecule has 0 amide bonds. The highest BCUT2D eigenvalue weighted by atomic mass is 32.2. The maximum Gasteiger partial charge on any atom is 0.183 e. The van der Waals surface area contributed by atoms with Gasteiger partial charge < -0.3 is 15.1 Å². The molecule has 2 N–H and O–H groups in total. The summed E-state index contributed by atoms with van der Waals surface area (Å²) in [6.07, 6.45) is 9.55. The summed E-state index contributed by atoms with van der Waals surface area (Å²) in [6, 6.07) is 1.54. The molecule has 1 rings (SSSR count). The Morgan fingerprint density at radius 2 is 1.77 bits per heavy atom. The van der Waals surface area contributed by atoms with Crippen LogP contribution in [0.4, 0.5) is 0 Å². The fourth-order valence-corrected chi connectivity index (χ4v) is 5.19. The Labute approximate surface area is 189 Å². The van der Waals surface area contributed by atoms with Crippen LogP contribution < -0.4 is 0 Å². The van der Waals surface area contributed by atoms with Crippen molar-refractivity contribution in [2.45, 2.75) is 77.5 Å². The number of unbranched alkanes of at least 4 members (excludes halogenated alkanes) is 2. The van der Waals surface area contributed by atoms with Crippen LogP contribution in [-0.2, 0) is 22.7 Å². The molecular weight excluding hydrogens is 410 g/mol. The largest absolute Gasteiger partial charge is 0.508 e. The molecule has 176 valence electrons. The molecule has 6 heteroatoms. The zero-order chi connectivity index (χ0) is 23.6. The number of hydrogen-bond donors (Lipinski definition) is 2. The van der Waals surface area contributed by atoms with Gasteiger partial charge in [-0.25, -0.2) is 8.42 Å². The molecule has 1 aromatic rings. The van der Waals surface area contributed by atoms with Gasteiger partial charge in [-0.3, -0.25) is 0 Å². The SMILES string of the molecule is CCCCCc1cc(O)c(CC=C(C)CCC=C(C)C)c(O)c1S(=O)(=O)CCN(C)C. The number of allylic oxidation sites excluding steroid dienone is 4. The third-order valence-electron chi connectivity index (χ3n) is 5.33. The van der Waals surface area contributed by atoms with Gasteiger partial charge in [-0.15, -0.1) is 0 Å². The topological polar surface area (TPSA) is 77.8 Å². The van der Waals surface area contributed by atoms with E-state index in [1.165, 1.54) is 5.57 Å². The lowest BCUT2D eigenvalue weighted by Gasteiger charge is -2.18. The Morgan fingerprint density at radius 1 is 1.10 bits per heavy atom. The van der Waals surface area contributed by atoms with E-state index in [0.29, 0.717) is 24.9 Å². The standard InChI is InChI=1S/C25H41NO4S/c1-7-8-9-13-21-18-23(27)22(15-14-20(4)12-10-11-19(2)3)24(28)25(21)31(29,30)17-16-26(5)6/h11,14,18,27-28H,7-10,12-13,15-17H2,1-6H3. The fraction of sp³-hybridized carbons (Fsp3) is 0.600. The van der Waals surface area contributed by atoms with Gasteiger partial charge in [0.2, 0.25) is 0 Å². The normalized spacial score (nSPS) is 12.4. The quantitative estimate of drug-likeness (QED) is 0.310. The Hall–Kier alpha value is -1.79. The molecule has 0 saturated heterocycles. The average Bonchev–Trinajstić information content (AvgIpc) is 2.65. The molecule has 0 fully saturated rings. The molecule has 0 unspecified atom stereocenters. The average molecular weight is 452 g/mol. The molecule has 0 aliphatic carbocycles. The van der Waals surface area contributed by atoms with Crippen molar-refractivity contribution in [2.75, 3.05) is 26.4 Å². The van der Waals surface area contributed by atoms with Crippen molar-refractivity contribution in [3.8, 4) is 11.5 Å². The number of nitrogens with zero attached hydrogens (tertiary/aromatic N) is 1. The highest BCUT2D eigenvalue weighted by molar-refractivity contribution is 7.91. The second-order valence-corrected chi connectivity index (χ2v) is 10.9. The van der Waals surface area contributed by atoms with Crippen molar-refractivity contribution < 1.29 is 18.6 Å². The monoisotopic (exact) mass is 451 g/mol. The van der Waals surface area contributed by atoms with Gasteiger partial charge in [0.25, 0.3) is 0 Å². The van der Waals surface area contributed by atoms with Crippen molar-refractivity contribution in [2.24, 2.45) is 0 Å². The number of aryl methyl sites for hydroxylation is 1. The Bertz CT molecular complexity index is 879. The lowest BCUT2D eigenvalue weighted by atomic mass is 10.00. The number of phenolic OH excluding ortho intramolecular Hbond substituents is 2. The van der Waals surface area contributed by atoms with E-state index in [1.807, 2.05) is 32.0 Å². The van der Waals surface area contributed by atoms with E-state index in [1.54, 1.807) is 6.07 Å². The third kappa shape index (κ3) is 9.08. The highest BCUT2D eigenvalue weighted by Crippen LogP contribution is 2.38. The first-order chi connectivity index (χ1) is 14.5. The maximum atomic E-state index is 13.1. The molecule has 5 nitrogen and oxygen atoms in total. The lowest BCUT2D eigenvalue weighted by Crippen LogP contribution is -2.23. The predicted molar refractivity (Wildman–Crippen MR) is 130 cm³/mol. The van der Waals surface area contributed by atoms with Gasteiger partial charge >= 0.3 is 0 Å². The lowest BCUT2D eigenvalue weighted by molar-refractivity contribution is 0.422. The van der Waals surface area contributed by atoms with Gasteiger partial charge in [0, 0.05) is 12.1 Å². The minimum Gasteiger partial charge on any atom is -0.508 e. The molecular formula is C25H41NO4S. The minimum atomic E-state index is -3.69. The summed E-state index contributed by atoms with van der Waals surface area (Å²) in [5, 5.41) is 21.6. The van der Waals surface area contributed by atoms with Crippen molar-refractivity contribution in [1.82, 2.24) is 4.90 Å². The van der Waals surface area contributed by atoms with Crippen LogP contribution >= 0.6 is 0 Å².